The molecule has 0 saturated carbocycles. The highest BCUT2D eigenvalue weighted by Crippen LogP contribution is 2.26. The summed E-state index contributed by atoms with van der Waals surface area (Å²) >= 11 is 3.21. The molecule has 1 unspecified atom stereocenters. The maximum atomic E-state index is 13.7. The molecule has 2 rings (SSSR count). The molecule has 17 heavy (non-hydrogen) atoms. The molecule has 1 aromatic heterocycles. The van der Waals surface area contributed by atoms with Crippen molar-refractivity contribution in [1.29, 1.82) is 0 Å². The van der Waals surface area contributed by atoms with Crippen molar-refractivity contribution in [3.05, 3.63) is 57.7 Å². The van der Waals surface area contributed by atoms with Crippen LogP contribution in [-0.4, -0.2) is 0 Å². The van der Waals surface area contributed by atoms with E-state index in [1.54, 1.807) is 18.2 Å². The van der Waals surface area contributed by atoms with Crippen LogP contribution in [0.25, 0.3) is 0 Å². The summed E-state index contributed by atoms with van der Waals surface area (Å²) in [7, 11) is 0. The number of rotatable bonds is 3. The molecule has 0 bridgehead atoms. The van der Waals surface area contributed by atoms with Crippen LogP contribution >= 0.6 is 15.9 Å². The summed E-state index contributed by atoms with van der Waals surface area (Å²) in [5, 5.41) is 0. The Morgan fingerprint density at radius 2 is 2.12 bits per heavy atom. The van der Waals surface area contributed by atoms with Crippen LogP contribution in [0.5, 0.6) is 0 Å². The van der Waals surface area contributed by atoms with Gasteiger partial charge in [-0.05, 0) is 24.3 Å². The van der Waals surface area contributed by atoms with Crippen molar-refractivity contribution in [2.45, 2.75) is 19.4 Å². The Hall–Kier alpha value is -1.13. The molecule has 4 heteroatoms. The molecule has 0 aliphatic heterocycles. The van der Waals surface area contributed by atoms with Crippen LogP contribution in [0.1, 0.15) is 30.0 Å². The van der Waals surface area contributed by atoms with Gasteiger partial charge in [0, 0.05) is 16.5 Å². The quantitative estimate of drug-likeness (QED) is 0.936. The van der Waals surface area contributed by atoms with Crippen molar-refractivity contribution in [1.82, 2.24) is 0 Å². The largest absolute Gasteiger partial charge is 0.464 e. The third kappa shape index (κ3) is 2.58. The number of hydrogen-bond donors (Lipinski definition) is 1. The van der Waals surface area contributed by atoms with E-state index in [4.69, 9.17) is 10.2 Å². The summed E-state index contributed by atoms with van der Waals surface area (Å²) in [4.78, 5) is 0. The Morgan fingerprint density at radius 1 is 1.35 bits per heavy atom. The normalized spacial score (nSPS) is 12.7. The highest BCUT2D eigenvalue weighted by atomic mass is 79.9. The maximum Gasteiger partial charge on any atom is 0.129 e. The van der Waals surface area contributed by atoms with E-state index in [0.29, 0.717) is 15.8 Å². The number of nitrogens with two attached hydrogens (primary N) is 1. The summed E-state index contributed by atoms with van der Waals surface area (Å²) < 4.78 is 19.9. The van der Waals surface area contributed by atoms with E-state index in [0.717, 1.165) is 12.2 Å². The van der Waals surface area contributed by atoms with Gasteiger partial charge >= 0.3 is 0 Å². The molecule has 1 heterocycles. The zero-order valence-corrected chi connectivity index (χ0v) is 11.0. The highest BCUT2D eigenvalue weighted by molar-refractivity contribution is 9.10. The van der Waals surface area contributed by atoms with Gasteiger partial charge in [0.05, 0.1) is 6.04 Å². The van der Waals surface area contributed by atoms with Crippen LogP contribution in [0.2, 0.25) is 0 Å². The third-order valence-electron chi connectivity index (χ3n) is 2.63. The van der Waals surface area contributed by atoms with E-state index in [1.807, 2.05) is 13.0 Å². The second-order valence-corrected chi connectivity index (χ2v) is 4.72. The van der Waals surface area contributed by atoms with E-state index < -0.39 is 6.04 Å². The second kappa shape index (κ2) is 5.02. The van der Waals surface area contributed by atoms with Gasteiger partial charge in [-0.25, -0.2) is 4.39 Å². The van der Waals surface area contributed by atoms with Crippen molar-refractivity contribution in [2.24, 2.45) is 5.73 Å². The predicted molar refractivity (Wildman–Crippen MR) is 68.2 cm³/mol. The lowest BCUT2D eigenvalue weighted by molar-refractivity contribution is 0.448. The van der Waals surface area contributed by atoms with Crippen LogP contribution in [0, 0.1) is 5.82 Å². The molecular weight excluding hydrogens is 285 g/mol. The summed E-state index contributed by atoms with van der Waals surface area (Å²) in [6.07, 6.45) is 0.801. The first kappa shape index (κ1) is 12.3. The zero-order valence-electron chi connectivity index (χ0n) is 9.41. The topological polar surface area (TPSA) is 39.2 Å². The van der Waals surface area contributed by atoms with E-state index in [9.17, 15) is 4.39 Å². The second-order valence-electron chi connectivity index (χ2n) is 3.80. The lowest BCUT2D eigenvalue weighted by Crippen LogP contribution is -2.12. The van der Waals surface area contributed by atoms with E-state index >= 15 is 0 Å². The minimum Gasteiger partial charge on any atom is -0.464 e. The predicted octanol–water partition coefficient (Wildman–Crippen LogP) is 3.79. The molecule has 2 N–H and O–H groups in total. The molecule has 2 aromatic rings. The Balaban J connectivity index is 2.33. The Labute approximate surface area is 108 Å². The average Bonchev–Trinajstić information content (AvgIpc) is 2.76. The van der Waals surface area contributed by atoms with Crippen molar-refractivity contribution in [3.63, 3.8) is 0 Å². The van der Waals surface area contributed by atoms with Gasteiger partial charge in [-0.2, -0.15) is 0 Å². The fourth-order valence-corrected chi connectivity index (χ4v) is 1.99. The lowest BCUT2D eigenvalue weighted by Gasteiger charge is -2.10. The fourth-order valence-electron chi connectivity index (χ4n) is 1.66. The van der Waals surface area contributed by atoms with Crippen molar-refractivity contribution >= 4 is 15.9 Å². The number of benzene rings is 1. The van der Waals surface area contributed by atoms with Gasteiger partial charge < -0.3 is 10.2 Å². The van der Waals surface area contributed by atoms with E-state index in [2.05, 4.69) is 15.9 Å². The third-order valence-corrected chi connectivity index (χ3v) is 3.13. The minimum atomic E-state index is -0.566. The van der Waals surface area contributed by atoms with Crippen LogP contribution < -0.4 is 5.73 Å². The van der Waals surface area contributed by atoms with Crippen molar-refractivity contribution in [2.75, 3.05) is 0 Å². The van der Waals surface area contributed by atoms with Crippen LogP contribution in [0.3, 0.4) is 0 Å². The number of furan rings is 1. The minimum absolute atomic E-state index is 0.332. The molecule has 0 radical (unpaired) electrons. The molecule has 1 aromatic carbocycles. The molecular formula is C13H13BrFNO. The Morgan fingerprint density at radius 3 is 2.71 bits per heavy atom. The zero-order chi connectivity index (χ0) is 12.4. The molecule has 0 spiro atoms. The van der Waals surface area contributed by atoms with E-state index in [1.165, 1.54) is 6.07 Å². The molecule has 0 amide bonds. The molecule has 0 aliphatic rings. The van der Waals surface area contributed by atoms with Crippen molar-refractivity contribution in [3.8, 4) is 0 Å². The van der Waals surface area contributed by atoms with Crippen LogP contribution in [0.15, 0.2) is 39.2 Å². The van der Waals surface area contributed by atoms with Gasteiger partial charge in [-0.1, -0.05) is 28.9 Å². The molecule has 1 atom stereocenters. The fraction of sp³-hybridized carbons (Fsp3) is 0.231. The molecule has 0 fully saturated rings. The van der Waals surface area contributed by atoms with Crippen molar-refractivity contribution < 1.29 is 8.81 Å². The van der Waals surface area contributed by atoms with Crippen LogP contribution in [0.4, 0.5) is 4.39 Å². The monoisotopic (exact) mass is 297 g/mol. The highest BCUT2D eigenvalue weighted by Gasteiger charge is 2.17. The standard InChI is InChI=1S/C13H13BrFNO/c1-2-9-4-6-12(17-9)13(16)10-5-3-8(14)7-11(10)15/h3-7,13H,2,16H2,1H3. The van der Waals surface area contributed by atoms with Crippen LogP contribution in [-0.2, 0) is 6.42 Å². The lowest BCUT2D eigenvalue weighted by atomic mass is 10.1. The Kier molecular flexibility index (Phi) is 3.64. The first-order valence-corrected chi connectivity index (χ1v) is 6.20. The molecule has 2 nitrogen and oxygen atoms in total. The smallest absolute Gasteiger partial charge is 0.129 e. The summed E-state index contributed by atoms with van der Waals surface area (Å²) in [6.45, 7) is 1.99. The summed E-state index contributed by atoms with van der Waals surface area (Å²) in [6, 6.07) is 7.93. The van der Waals surface area contributed by atoms with Gasteiger partial charge in [0.25, 0.3) is 0 Å². The van der Waals surface area contributed by atoms with Gasteiger partial charge in [0.1, 0.15) is 17.3 Å². The molecule has 0 aliphatic carbocycles. The van der Waals surface area contributed by atoms with Gasteiger partial charge in [0.2, 0.25) is 0 Å². The van der Waals surface area contributed by atoms with Gasteiger partial charge in [0.15, 0.2) is 0 Å². The molecule has 0 saturated heterocycles. The maximum absolute atomic E-state index is 13.7. The summed E-state index contributed by atoms with van der Waals surface area (Å²) in [5.74, 6) is 1.11. The summed E-state index contributed by atoms with van der Waals surface area (Å²) in [5.41, 5.74) is 6.42. The number of aryl methyl sites for hydroxylation is 1. The first-order valence-electron chi connectivity index (χ1n) is 5.41. The van der Waals surface area contributed by atoms with Gasteiger partial charge in [-0.15, -0.1) is 0 Å². The van der Waals surface area contributed by atoms with Gasteiger partial charge in [-0.3, -0.25) is 0 Å². The number of hydrogen-bond acceptors (Lipinski definition) is 2. The first-order chi connectivity index (χ1) is 8.11. The Bertz CT molecular complexity index is 524. The number of halogens is 2. The molecule has 90 valence electrons. The SMILES string of the molecule is CCc1ccc(C(N)c2ccc(Br)cc2F)o1. The average molecular weight is 298 g/mol. The van der Waals surface area contributed by atoms with E-state index in [-0.39, 0.29) is 5.82 Å².